The summed E-state index contributed by atoms with van der Waals surface area (Å²) in [6, 6.07) is 13.4. The van der Waals surface area contributed by atoms with Crippen LogP contribution in [-0.4, -0.2) is 32.5 Å². The smallest absolute Gasteiger partial charge is 0.225 e. The molecule has 0 saturated carbocycles. The molecule has 0 radical (unpaired) electrons. The minimum absolute atomic E-state index is 0.0227. The Morgan fingerprint density at radius 3 is 2.29 bits per heavy atom. The Morgan fingerprint density at radius 1 is 0.903 bits per heavy atom. The van der Waals surface area contributed by atoms with Gasteiger partial charge >= 0.3 is 0 Å². The molecule has 1 amide bonds. The zero-order chi connectivity index (χ0) is 22.0. The Kier molecular flexibility index (Phi) is 5.98. The topological polar surface area (TPSA) is 73.9 Å². The van der Waals surface area contributed by atoms with E-state index >= 15 is 0 Å². The minimum Gasteiger partial charge on any atom is -0.494 e. The van der Waals surface area contributed by atoms with Crippen LogP contribution in [0, 0.1) is 0 Å². The van der Waals surface area contributed by atoms with Gasteiger partial charge in [0, 0.05) is 30.0 Å². The van der Waals surface area contributed by atoms with E-state index in [-0.39, 0.29) is 29.9 Å². The van der Waals surface area contributed by atoms with Gasteiger partial charge in [-0.25, -0.2) is 0 Å². The van der Waals surface area contributed by atoms with E-state index in [1.807, 2.05) is 49.4 Å². The van der Waals surface area contributed by atoms with E-state index in [4.69, 9.17) is 14.2 Å². The van der Waals surface area contributed by atoms with Gasteiger partial charge in [0.2, 0.25) is 5.91 Å². The molecular formula is C25H27NO5. The number of rotatable bonds is 6. The Balaban J connectivity index is 1.65. The molecule has 0 fully saturated rings. The number of allylic oxidation sites excluding steroid dienone is 2. The molecule has 0 spiro atoms. The third-order valence-electron chi connectivity index (χ3n) is 6.01. The fourth-order valence-electron chi connectivity index (χ4n) is 4.55. The van der Waals surface area contributed by atoms with E-state index < -0.39 is 0 Å². The van der Waals surface area contributed by atoms with E-state index in [1.165, 1.54) is 0 Å². The summed E-state index contributed by atoms with van der Waals surface area (Å²) in [5.41, 5.74) is 3.44. The summed E-state index contributed by atoms with van der Waals surface area (Å²) in [6.45, 7) is 2.53. The molecule has 4 rings (SSSR count). The molecule has 0 saturated heterocycles. The number of nitrogens with one attached hydrogen (secondary N) is 1. The van der Waals surface area contributed by atoms with Gasteiger partial charge in [-0.3, -0.25) is 9.59 Å². The summed E-state index contributed by atoms with van der Waals surface area (Å²) >= 11 is 0. The normalized spacial score (nSPS) is 20.7. The van der Waals surface area contributed by atoms with Gasteiger partial charge in [-0.15, -0.1) is 0 Å². The average molecular weight is 421 g/mol. The number of carbonyl (C=O) groups excluding carboxylic acids is 2. The van der Waals surface area contributed by atoms with Crippen molar-refractivity contribution >= 4 is 11.7 Å². The SMILES string of the molecule is CCOc1ccc(C2CC(=O)NC3=C2C(=O)CC(c2ccc(OC)c(OC)c2)C3)cc1. The second kappa shape index (κ2) is 8.84. The van der Waals surface area contributed by atoms with Crippen molar-refractivity contribution < 1.29 is 23.8 Å². The standard InChI is InChI=1S/C25H27NO5/c1-4-31-18-8-5-15(6-9-18)19-14-24(28)26-20-11-17(12-21(27)25(19)20)16-7-10-22(29-2)23(13-16)30-3/h5-10,13,17,19H,4,11-12,14H2,1-3H3,(H,26,28). The zero-order valence-corrected chi connectivity index (χ0v) is 18.1. The van der Waals surface area contributed by atoms with Gasteiger partial charge in [0.25, 0.3) is 0 Å². The molecule has 1 heterocycles. The van der Waals surface area contributed by atoms with Crippen molar-refractivity contribution in [1.29, 1.82) is 0 Å². The monoisotopic (exact) mass is 421 g/mol. The molecule has 1 aliphatic heterocycles. The summed E-state index contributed by atoms with van der Waals surface area (Å²) in [4.78, 5) is 25.7. The number of hydrogen-bond acceptors (Lipinski definition) is 5. The molecule has 1 N–H and O–H groups in total. The van der Waals surface area contributed by atoms with Crippen LogP contribution in [0.3, 0.4) is 0 Å². The quantitative estimate of drug-likeness (QED) is 0.760. The number of hydrogen-bond donors (Lipinski definition) is 1. The average Bonchev–Trinajstić information content (AvgIpc) is 2.78. The lowest BCUT2D eigenvalue weighted by atomic mass is 9.73. The molecule has 1 aliphatic carbocycles. The Bertz CT molecular complexity index is 1020. The second-order valence-electron chi connectivity index (χ2n) is 7.84. The van der Waals surface area contributed by atoms with Crippen molar-refractivity contribution in [2.45, 2.75) is 38.0 Å². The van der Waals surface area contributed by atoms with Crippen molar-refractivity contribution in [3.05, 3.63) is 64.9 Å². The van der Waals surface area contributed by atoms with Gasteiger partial charge in [0.1, 0.15) is 5.75 Å². The minimum atomic E-state index is -0.224. The molecule has 6 nitrogen and oxygen atoms in total. The van der Waals surface area contributed by atoms with Crippen LogP contribution in [-0.2, 0) is 9.59 Å². The highest BCUT2D eigenvalue weighted by Gasteiger charge is 2.38. The number of ketones is 1. The first-order chi connectivity index (χ1) is 15.0. The largest absolute Gasteiger partial charge is 0.494 e. The van der Waals surface area contributed by atoms with E-state index in [2.05, 4.69) is 5.32 Å². The van der Waals surface area contributed by atoms with Gasteiger partial charge in [0.05, 0.1) is 20.8 Å². The van der Waals surface area contributed by atoms with Crippen LogP contribution >= 0.6 is 0 Å². The lowest BCUT2D eigenvalue weighted by Gasteiger charge is -2.34. The van der Waals surface area contributed by atoms with Crippen LogP contribution in [0.2, 0.25) is 0 Å². The summed E-state index contributed by atoms with van der Waals surface area (Å²) in [5.74, 6) is 1.84. The molecule has 0 bridgehead atoms. The van der Waals surface area contributed by atoms with E-state index in [9.17, 15) is 9.59 Å². The molecule has 0 aromatic heterocycles. The molecule has 2 aliphatic rings. The van der Waals surface area contributed by atoms with E-state index in [0.29, 0.717) is 30.9 Å². The van der Waals surface area contributed by atoms with E-state index in [1.54, 1.807) is 14.2 Å². The number of carbonyl (C=O) groups is 2. The Hall–Kier alpha value is -3.28. The first kappa shape index (κ1) is 21.0. The lowest BCUT2D eigenvalue weighted by molar-refractivity contribution is -0.122. The van der Waals surface area contributed by atoms with Crippen molar-refractivity contribution in [3.63, 3.8) is 0 Å². The maximum Gasteiger partial charge on any atom is 0.225 e. The maximum atomic E-state index is 13.3. The van der Waals surface area contributed by atoms with Crippen LogP contribution < -0.4 is 19.5 Å². The molecule has 2 unspecified atom stereocenters. The molecule has 2 atom stereocenters. The highest BCUT2D eigenvalue weighted by atomic mass is 16.5. The Morgan fingerprint density at radius 2 is 1.61 bits per heavy atom. The summed E-state index contributed by atoms with van der Waals surface area (Å²) in [5, 5.41) is 2.97. The van der Waals surface area contributed by atoms with Gasteiger partial charge in [-0.1, -0.05) is 18.2 Å². The third-order valence-corrected chi connectivity index (χ3v) is 6.01. The molecule has 6 heteroatoms. The maximum absolute atomic E-state index is 13.3. The molecular weight excluding hydrogens is 394 g/mol. The van der Waals surface area contributed by atoms with E-state index in [0.717, 1.165) is 28.1 Å². The lowest BCUT2D eigenvalue weighted by Crippen LogP contribution is -2.38. The van der Waals surface area contributed by atoms with Crippen LogP contribution in [0.1, 0.15) is 49.1 Å². The zero-order valence-electron chi connectivity index (χ0n) is 18.1. The number of methoxy groups -OCH3 is 2. The number of ether oxygens (including phenoxy) is 3. The van der Waals surface area contributed by atoms with Gasteiger partial charge in [-0.2, -0.15) is 0 Å². The predicted molar refractivity (Wildman–Crippen MR) is 117 cm³/mol. The number of benzene rings is 2. The fourth-order valence-corrected chi connectivity index (χ4v) is 4.55. The molecule has 162 valence electrons. The number of amides is 1. The van der Waals surface area contributed by atoms with Crippen molar-refractivity contribution in [2.24, 2.45) is 0 Å². The van der Waals surface area contributed by atoms with Crippen molar-refractivity contribution in [2.75, 3.05) is 20.8 Å². The van der Waals surface area contributed by atoms with Crippen LogP contribution in [0.5, 0.6) is 17.2 Å². The summed E-state index contributed by atoms with van der Waals surface area (Å²) in [6.07, 6.45) is 1.28. The highest BCUT2D eigenvalue weighted by Crippen LogP contribution is 2.44. The first-order valence-electron chi connectivity index (χ1n) is 10.5. The molecule has 31 heavy (non-hydrogen) atoms. The van der Waals surface area contributed by atoms with Crippen LogP contribution in [0.25, 0.3) is 0 Å². The molecule has 2 aromatic rings. The highest BCUT2D eigenvalue weighted by molar-refractivity contribution is 6.02. The van der Waals surface area contributed by atoms with Gasteiger partial charge < -0.3 is 19.5 Å². The molecule has 2 aromatic carbocycles. The summed E-state index contributed by atoms with van der Waals surface area (Å²) < 4.78 is 16.3. The third kappa shape index (κ3) is 4.15. The number of Topliss-reactive ketones (excluding diaryl/α,β-unsaturated/α-hetero) is 1. The van der Waals surface area contributed by atoms with Crippen molar-refractivity contribution in [1.82, 2.24) is 5.32 Å². The second-order valence-corrected chi connectivity index (χ2v) is 7.84. The van der Waals surface area contributed by atoms with Gasteiger partial charge in [0.15, 0.2) is 17.3 Å². The van der Waals surface area contributed by atoms with Gasteiger partial charge in [-0.05, 0) is 54.7 Å². The van der Waals surface area contributed by atoms with Crippen LogP contribution in [0.4, 0.5) is 0 Å². The first-order valence-corrected chi connectivity index (χ1v) is 10.5. The van der Waals surface area contributed by atoms with Crippen molar-refractivity contribution in [3.8, 4) is 17.2 Å². The predicted octanol–water partition coefficient (Wildman–Crippen LogP) is 4.11. The summed E-state index contributed by atoms with van der Waals surface area (Å²) in [7, 11) is 3.19. The fraction of sp³-hybridized carbons (Fsp3) is 0.360. The van der Waals surface area contributed by atoms with Crippen LogP contribution in [0.15, 0.2) is 53.7 Å². The Labute approximate surface area is 182 Å².